The molecule has 0 spiro atoms. The molecule has 0 saturated carbocycles. The zero-order valence-corrected chi connectivity index (χ0v) is 16.1. The van der Waals surface area contributed by atoms with Crippen LogP contribution in [0, 0.1) is 6.92 Å². The summed E-state index contributed by atoms with van der Waals surface area (Å²) in [6.07, 6.45) is -0.919. The van der Waals surface area contributed by atoms with E-state index < -0.39 is 12.1 Å². The molecule has 1 atom stereocenters. The quantitative estimate of drug-likeness (QED) is 0.665. The third-order valence-electron chi connectivity index (χ3n) is 4.34. The number of benzene rings is 2. The molecule has 1 aromatic heterocycles. The van der Waals surface area contributed by atoms with E-state index in [-0.39, 0.29) is 5.91 Å². The SMILES string of the molecule is COc1ccc(CNC(=O)[C@H](C)OC(=O)c2cc(C)nc3ccccc23)cc1. The molecule has 0 saturated heterocycles. The van der Waals surface area contributed by atoms with Crippen molar-refractivity contribution in [1.82, 2.24) is 10.3 Å². The van der Waals surface area contributed by atoms with Crippen molar-refractivity contribution in [1.29, 1.82) is 0 Å². The molecule has 0 radical (unpaired) electrons. The molecule has 6 heteroatoms. The lowest BCUT2D eigenvalue weighted by molar-refractivity contribution is -0.129. The van der Waals surface area contributed by atoms with Crippen LogP contribution in [0.25, 0.3) is 10.9 Å². The maximum atomic E-state index is 12.6. The number of hydrogen-bond donors (Lipinski definition) is 1. The predicted molar refractivity (Wildman–Crippen MR) is 106 cm³/mol. The minimum absolute atomic E-state index is 0.335. The summed E-state index contributed by atoms with van der Waals surface area (Å²) in [5, 5.41) is 3.47. The summed E-state index contributed by atoms with van der Waals surface area (Å²) in [7, 11) is 1.60. The van der Waals surface area contributed by atoms with Gasteiger partial charge in [0.2, 0.25) is 0 Å². The third kappa shape index (κ3) is 4.46. The number of hydrogen-bond acceptors (Lipinski definition) is 5. The van der Waals surface area contributed by atoms with Gasteiger partial charge in [-0.05, 0) is 43.7 Å². The molecule has 0 unspecified atom stereocenters. The first-order valence-electron chi connectivity index (χ1n) is 8.96. The van der Waals surface area contributed by atoms with E-state index in [2.05, 4.69) is 10.3 Å². The Hall–Kier alpha value is -3.41. The van der Waals surface area contributed by atoms with Gasteiger partial charge in [-0.25, -0.2) is 4.79 Å². The predicted octanol–water partition coefficient (Wildman–Crippen LogP) is 3.41. The minimum Gasteiger partial charge on any atom is -0.497 e. The molecule has 28 heavy (non-hydrogen) atoms. The van der Waals surface area contributed by atoms with Gasteiger partial charge in [0, 0.05) is 17.6 Å². The van der Waals surface area contributed by atoms with Crippen molar-refractivity contribution in [3.05, 3.63) is 71.4 Å². The molecule has 3 rings (SSSR count). The number of aromatic nitrogens is 1. The number of fused-ring (bicyclic) bond motifs is 1. The van der Waals surface area contributed by atoms with Crippen molar-refractivity contribution in [3.8, 4) is 5.75 Å². The van der Waals surface area contributed by atoms with Gasteiger partial charge < -0.3 is 14.8 Å². The normalized spacial score (nSPS) is 11.7. The van der Waals surface area contributed by atoms with Crippen LogP contribution in [0.15, 0.2) is 54.6 Å². The molecule has 6 nitrogen and oxygen atoms in total. The lowest BCUT2D eigenvalue weighted by Gasteiger charge is -2.15. The second kappa shape index (κ2) is 8.52. The van der Waals surface area contributed by atoms with Crippen LogP contribution >= 0.6 is 0 Å². The van der Waals surface area contributed by atoms with Crippen LogP contribution in [0.1, 0.15) is 28.5 Å². The zero-order valence-electron chi connectivity index (χ0n) is 16.1. The molecule has 1 heterocycles. The number of ether oxygens (including phenoxy) is 2. The van der Waals surface area contributed by atoms with Crippen LogP contribution in [-0.2, 0) is 16.1 Å². The van der Waals surface area contributed by atoms with Gasteiger partial charge in [-0.15, -0.1) is 0 Å². The van der Waals surface area contributed by atoms with Crippen LogP contribution in [0.4, 0.5) is 0 Å². The standard InChI is InChI=1S/C22H22N2O4/c1-14-12-19(18-6-4-5-7-20(18)24-14)22(26)28-15(2)21(25)23-13-16-8-10-17(27-3)11-9-16/h4-12,15H,13H2,1-3H3,(H,23,25)/t15-/m0/s1. The van der Waals surface area contributed by atoms with Gasteiger partial charge in [0.05, 0.1) is 18.2 Å². The maximum absolute atomic E-state index is 12.6. The van der Waals surface area contributed by atoms with Crippen LogP contribution in [0.3, 0.4) is 0 Å². The van der Waals surface area contributed by atoms with E-state index in [4.69, 9.17) is 9.47 Å². The van der Waals surface area contributed by atoms with Gasteiger partial charge in [0.15, 0.2) is 6.10 Å². The minimum atomic E-state index is -0.919. The number of amides is 1. The summed E-state index contributed by atoms with van der Waals surface area (Å²) in [6, 6.07) is 16.4. The Balaban J connectivity index is 1.64. The molecular weight excluding hydrogens is 356 g/mol. The maximum Gasteiger partial charge on any atom is 0.339 e. The summed E-state index contributed by atoms with van der Waals surface area (Å²) in [5.74, 6) is -0.162. The fourth-order valence-electron chi connectivity index (χ4n) is 2.83. The van der Waals surface area contributed by atoms with Gasteiger partial charge in [0.25, 0.3) is 5.91 Å². The Labute approximate surface area is 163 Å². The van der Waals surface area contributed by atoms with E-state index in [1.165, 1.54) is 0 Å². The molecule has 144 valence electrons. The summed E-state index contributed by atoms with van der Waals surface area (Å²) in [6.45, 7) is 3.70. The lowest BCUT2D eigenvalue weighted by atomic mass is 10.1. The number of nitrogens with one attached hydrogen (secondary N) is 1. The smallest absolute Gasteiger partial charge is 0.339 e. The molecule has 3 aromatic rings. The van der Waals surface area contributed by atoms with E-state index in [9.17, 15) is 9.59 Å². The van der Waals surface area contributed by atoms with E-state index in [1.807, 2.05) is 55.5 Å². The van der Waals surface area contributed by atoms with E-state index >= 15 is 0 Å². The van der Waals surface area contributed by atoms with Gasteiger partial charge in [-0.3, -0.25) is 9.78 Å². The molecule has 1 amide bonds. The highest BCUT2D eigenvalue weighted by Crippen LogP contribution is 2.19. The van der Waals surface area contributed by atoms with Gasteiger partial charge >= 0.3 is 5.97 Å². The topological polar surface area (TPSA) is 77.5 Å². The number of pyridine rings is 1. The van der Waals surface area contributed by atoms with Crippen molar-refractivity contribution in [2.75, 3.05) is 7.11 Å². The molecular formula is C22H22N2O4. The number of carbonyl (C=O) groups excluding carboxylic acids is 2. The fraction of sp³-hybridized carbons (Fsp3) is 0.227. The summed E-state index contributed by atoms with van der Waals surface area (Å²) >= 11 is 0. The van der Waals surface area contributed by atoms with Crippen LogP contribution < -0.4 is 10.1 Å². The summed E-state index contributed by atoms with van der Waals surface area (Å²) in [5.41, 5.74) is 2.75. The molecule has 0 aliphatic heterocycles. The number of nitrogens with zero attached hydrogens (tertiary/aromatic N) is 1. The number of methoxy groups -OCH3 is 1. The highest BCUT2D eigenvalue weighted by Gasteiger charge is 2.20. The first kappa shape index (κ1) is 19.4. The molecule has 2 aromatic carbocycles. The summed E-state index contributed by atoms with van der Waals surface area (Å²) < 4.78 is 10.5. The second-order valence-corrected chi connectivity index (χ2v) is 6.44. The van der Waals surface area contributed by atoms with E-state index in [0.717, 1.165) is 11.3 Å². The van der Waals surface area contributed by atoms with E-state index in [0.29, 0.717) is 28.7 Å². The zero-order chi connectivity index (χ0) is 20.1. The first-order valence-corrected chi connectivity index (χ1v) is 8.96. The Morgan fingerprint density at radius 2 is 1.82 bits per heavy atom. The number of aryl methyl sites for hydroxylation is 1. The molecule has 0 aliphatic rings. The molecule has 0 bridgehead atoms. The largest absolute Gasteiger partial charge is 0.497 e. The van der Waals surface area contributed by atoms with Crippen molar-refractivity contribution in [2.45, 2.75) is 26.5 Å². The van der Waals surface area contributed by atoms with Crippen molar-refractivity contribution in [3.63, 3.8) is 0 Å². The highest BCUT2D eigenvalue weighted by atomic mass is 16.5. The average Bonchev–Trinajstić information content (AvgIpc) is 2.71. The Morgan fingerprint density at radius 1 is 1.11 bits per heavy atom. The first-order chi connectivity index (χ1) is 13.5. The third-order valence-corrected chi connectivity index (χ3v) is 4.34. The number of carbonyl (C=O) groups is 2. The van der Waals surface area contributed by atoms with E-state index in [1.54, 1.807) is 20.1 Å². The van der Waals surface area contributed by atoms with Crippen molar-refractivity contribution in [2.24, 2.45) is 0 Å². The van der Waals surface area contributed by atoms with Crippen molar-refractivity contribution < 1.29 is 19.1 Å². The Kier molecular flexibility index (Phi) is 5.89. The Morgan fingerprint density at radius 3 is 2.54 bits per heavy atom. The lowest BCUT2D eigenvalue weighted by Crippen LogP contribution is -2.35. The van der Waals surface area contributed by atoms with Gasteiger partial charge in [-0.2, -0.15) is 0 Å². The van der Waals surface area contributed by atoms with Crippen molar-refractivity contribution >= 4 is 22.8 Å². The number of esters is 1. The fourth-order valence-corrected chi connectivity index (χ4v) is 2.83. The Bertz CT molecular complexity index is 999. The van der Waals surface area contributed by atoms with Crippen LogP contribution in [0.2, 0.25) is 0 Å². The second-order valence-electron chi connectivity index (χ2n) is 6.44. The van der Waals surface area contributed by atoms with Gasteiger partial charge in [-0.1, -0.05) is 30.3 Å². The average molecular weight is 378 g/mol. The monoisotopic (exact) mass is 378 g/mol. The van der Waals surface area contributed by atoms with Crippen LogP contribution in [0.5, 0.6) is 5.75 Å². The molecule has 0 fully saturated rings. The molecule has 1 N–H and O–H groups in total. The molecule has 0 aliphatic carbocycles. The summed E-state index contributed by atoms with van der Waals surface area (Å²) in [4.78, 5) is 29.4. The van der Waals surface area contributed by atoms with Crippen LogP contribution in [-0.4, -0.2) is 30.1 Å². The number of rotatable bonds is 6. The highest BCUT2D eigenvalue weighted by molar-refractivity contribution is 6.04. The number of para-hydroxylation sites is 1. The van der Waals surface area contributed by atoms with Gasteiger partial charge in [0.1, 0.15) is 5.75 Å².